The van der Waals surface area contributed by atoms with Gasteiger partial charge in [-0.1, -0.05) is 44.2 Å². The Kier molecular flexibility index (Phi) is 4.22. The molecule has 1 aliphatic carbocycles. The van der Waals surface area contributed by atoms with Gasteiger partial charge in [0.15, 0.2) is 0 Å². The van der Waals surface area contributed by atoms with E-state index >= 15 is 0 Å². The monoisotopic (exact) mass is 231 g/mol. The fourth-order valence-electron chi connectivity index (χ4n) is 2.76. The minimum Gasteiger partial charge on any atom is -0.311 e. The normalized spacial score (nSPS) is 19.6. The molecule has 0 heterocycles. The van der Waals surface area contributed by atoms with E-state index in [9.17, 15) is 0 Å². The molecule has 1 aromatic rings. The van der Waals surface area contributed by atoms with Crippen LogP contribution in [-0.4, -0.2) is 12.1 Å². The van der Waals surface area contributed by atoms with Crippen LogP contribution in [0.1, 0.15) is 57.4 Å². The zero-order valence-corrected chi connectivity index (χ0v) is 11.2. The third-order valence-electron chi connectivity index (χ3n) is 4.43. The molecular formula is C16H25N. The van der Waals surface area contributed by atoms with E-state index in [-0.39, 0.29) is 0 Å². The Hall–Kier alpha value is -0.820. The first kappa shape index (κ1) is 12.6. The van der Waals surface area contributed by atoms with Gasteiger partial charge in [-0.05, 0) is 50.1 Å². The van der Waals surface area contributed by atoms with Gasteiger partial charge < -0.3 is 5.32 Å². The van der Waals surface area contributed by atoms with Crippen LogP contribution < -0.4 is 5.32 Å². The predicted molar refractivity (Wildman–Crippen MR) is 74.3 cm³/mol. The van der Waals surface area contributed by atoms with E-state index in [0.717, 1.165) is 6.54 Å². The molecule has 17 heavy (non-hydrogen) atoms. The molecule has 1 heteroatoms. The van der Waals surface area contributed by atoms with Gasteiger partial charge in [-0.15, -0.1) is 0 Å². The molecule has 1 N–H and O–H groups in total. The Morgan fingerprint density at radius 1 is 1.24 bits per heavy atom. The van der Waals surface area contributed by atoms with Crippen LogP contribution >= 0.6 is 0 Å². The molecule has 0 saturated heterocycles. The van der Waals surface area contributed by atoms with Gasteiger partial charge in [0.05, 0.1) is 0 Å². The number of rotatable bonds is 6. The second-order valence-electron chi connectivity index (χ2n) is 5.51. The summed E-state index contributed by atoms with van der Waals surface area (Å²) in [5.74, 6) is 0.665. The number of hydrogen-bond donors (Lipinski definition) is 1. The lowest BCUT2D eigenvalue weighted by Gasteiger charge is -2.42. The first-order valence-corrected chi connectivity index (χ1v) is 7.06. The van der Waals surface area contributed by atoms with Crippen molar-refractivity contribution in [1.82, 2.24) is 5.32 Å². The molecule has 0 amide bonds. The van der Waals surface area contributed by atoms with Crippen LogP contribution in [0.15, 0.2) is 30.3 Å². The van der Waals surface area contributed by atoms with Crippen molar-refractivity contribution >= 4 is 0 Å². The molecule has 0 radical (unpaired) electrons. The Bertz CT molecular complexity index is 321. The van der Waals surface area contributed by atoms with E-state index < -0.39 is 0 Å². The molecule has 1 atom stereocenters. The highest BCUT2D eigenvalue weighted by Crippen LogP contribution is 2.34. The minimum atomic E-state index is 0.496. The van der Waals surface area contributed by atoms with Crippen LogP contribution in [0.5, 0.6) is 0 Å². The van der Waals surface area contributed by atoms with Crippen molar-refractivity contribution in [3.63, 3.8) is 0 Å². The van der Waals surface area contributed by atoms with Crippen molar-refractivity contribution < 1.29 is 0 Å². The van der Waals surface area contributed by atoms with Crippen molar-refractivity contribution in [3.05, 3.63) is 35.9 Å². The smallest absolute Gasteiger partial charge is 0.0178 e. The average Bonchev–Trinajstić information content (AvgIpc) is 2.33. The summed E-state index contributed by atoms with van der Waals surface area (Å²) in [6.07, 6.45) is 6.69. The van der Waals surface area contributed by atoms with E-state index in [0.29, 0.717) is 11.5 Å². The summed E-state index contributed by atoms with van der Waals surface area (Å²) in [7, 11) is 0. The van der Waals surface area contributed by atoms with Crippen LogP contribution in [-0.2, 0) is 0 Å². The third kappa shape index (κ3) is 3.10. The van der Waals surface area contributed by atoms with Gasteiger partial charge in [-0.25, -0.2) is 0 Å². The maximum atomic E-state index is 3.78. The van der Waals surface area contributed by atoms with Gasteiger partial charge in [0.1, 0.15) is 0 Å². The minimum absolute atomic E-state index is 0.496. The number of hydrogen-bond acceptors (Lipinski definition) is 1. The highest BCUT2D eigenvalue weighted by atomic mass is 15.0. The Balaban J connectivity index is 1.75. The van der Waals surface area contributed by atoms with E-state index in [2.05, 4.69) is 49.5 Å². The predicted octanol–water partition coefficient (Wildman–Crippen LogP) is 4.10. The Morgan fingerprint density at radius 3 is 2.47 bits per heavy atom. The summed E-state index contributed by atoms with van der Waals surface area (Å²) in [5, 5.41) is 3.78. The van der Waals surface area contributed by atoms with Gasteiger partial charge in [0.25, 0.3) is 0 Å². The Morgan fingerprint density at radius 2 is 1.94 bits per heavy atom. The molecule has 94 valence electrons. The fourth-order valence-corrected chi connectivity index (χ4v) is 2.76. The molecule has 1 nitrogen and oxygen atoms in total. The molecule has 1 unspecified atom stereocenters. The largest absolute Gasteiger partial charge is 0.311 e. The molecule has 0 aliphatic heterocycles. The molecule has 0 spiro atoms. The summed E-state index contributed by atoms with van der Waals surface area (Å²) < 4.78 is 0. The second kappa shape index (κ2) is 5.68. The standard InChI is InChI=1S/C16H25N/c1-3-16(11-7-12-16)17-13-10-14(2)15-8-5-4-6-9-15/h4-6,8-9,14,17H,3,7,10-13H2,1-2H3. The number of benzene rings is 1. The molecular weight excluding hydrogens is 206 g/mol. The van der Waals surface area contributed by atoms with Crippen molar-refractivity contribution in [1.29, 1.82) is 0 Å². The summed E-state index contributed by atoms with van der Waals surface area (Å²) in [6.45, 7) is 5.80. The van der Waals surface area contributed by atoms with Gasteiger partial charge in [0, 0.05) is 5.54 Å². The first-order chi connectivity index (χ1) is 8.26. The van der Waals surface area contributed by atoms with Crippen LogP contribution in [0.25, 0.3) is 0 Å². The van der Waals surface area contributed by atoms with E-state index in [1.165, 1.54) is 37.7 Å². The lowest BCUT2D eigenvalue weighted by Crippen LogP contribution is -2.50. The molecule has 0 bridgehead atoms. The van der Waals surface area contributed by atoms with Crippen LogP contribution in [0.3, 0.4) is 0 Å². The summed E-state index contributed by atoms with van der Waals surface area (Å²) in [5.41, 5.74) is 1.96. The summed E-state index contributed by atoms with van der Waals surface area (Å²) >= 11 is 0. The quantitative estimate of drug-likeness (QED) is 0.777. The van der Waals surface area contributed by atoms with Crippen LogP contribution in [0.4, 0.5) is 0 Å². The maximum absolute atomic E-state index is 3.78. The van der Waals surface area contributed by atoms with E-state index in [4.69, 9.17) is 0 Å². The molecule has 1 aliphatic rings. The first-order valence-electron chi connectivity index (χ1n) is 7.06. The van der Waals surface area contributed by atoms with E-state index in [1.807, 2.05) is 0 Å². The lowest BCUT2D eigenvalue weighted by molar-refractivity contribution is 0.176. The topological polar surface area (TPSA) is 12.0 Å². The Labute approximate surface area is 106 Å². The second-order valence-corrected chi connectivity index (χ2v) is 5.51. The van der Waals surface area contributed by atoms with Gasteiger partial charge in [0.2, 0.25) is 0 Å². The highest BCUT2D eigenvalue weighted by Gasteiger charge is 2.33. The van der Waals surface area contributed by atoms with Gasteiger partial charge >= 0.3 is 0 Å². The van der Waals surface area contributed by atoms with Gasteiger partial charge in [-0.2, -0.15) is 0 Å². The van der Waals surface area contributed by atoms with Gasteiger partial charge in [-0.3, -0.25) is 0 Å². The van der Waals surface area contributed by atoms with E-state index in [1.54, 1.807) is 0 Å². The van der Waals surface area contributed by atoms with Crippen molar-refractivity contribution in [2.75, 3.05) is 6.54 Å². The van der Waals surface area contributed by atoms with Crippen LogP contribution in [0.2, 0.25) is 0 Å². The highest BCUT2D eigenvalue weighted by molar-refractivity contribution is 5.18. The third-order valence-corrected chi connectivity index (χ3v) is 4.43. The lowest BCUT2D eigenvalue weighted by atomic mass is 9.75. The summed E-state index contributed by atoms with van der Waals surface area (Å²) in [4.78, 5) is 0. The maximum Gasteiger partial charge on any atom is 0.0178 e. The number of nitrogens with one attached hydrogen (secondary N) is 1. The molecule has 0 aromatic heterocycles. The average molecular weight is 231 g/mol. The molecule has 1 saturated carbocycles. The van der Waals surface area contributed by atoms with Crippen molar-refractivity contribution in [2.24, 2.45) is 0 Å². The molecule has 1 aromatic carbocycles. The van der Waals surface area contributed by atoms with Crippen molar-refractivity contribution in [2.45, 2.75) is 57.4 Å². The van der Waals surface area contributed by atoms with Crippen LogP contribution in [0, 0.1) is 0 Å². The molecule has 2 rings (SSSR count). The SMILES string of the molecule is CCC1(NCCC(C)c2ccccc2)CCC1. The van der Waals surface area contributed by atoms with Crippen molar-refractivity contribution in [3.8, 4) is 0 Å². The zero-order chi connectivity index (χ0) is 12.1. The zero-order valence-electron chi connectivity index (χ0n) is 11.2. The molecule has 1 fully saturated rings. The fraction of sp³-hybridized carbons (Fsp3) is 0.625. The summed E-state index contributed by atoms with van der Waals surface area (Å²) in [6, 6.07) is 10.8.